The topological polar surface area (TPSA) is 99.9 Å². The lowest BCUT2D eigenvalue weighted by Gasteiger charge is -2.07. The van der Waals surface area contributed by atoms with Crippen molar-refractivity contribution in [2.75, 3.05) is 0 Å². The number of thioether (sulfide) groups is 1. The molecule has 0 aliphatic heterocycles. The molecule has 0 spiro atoms. The predicted molar refractivity (Wildman–Crippen MR) is 81.0 cm³/mol. The van der Waals surface area contributed by atoms with E-state index in [0.29, 0.717) is 17.9 Å². The molecule has 0 radical (unpaired) electrons. The van der Waals surface area contributed by atoms with Gasteiger partial charge in [-0.2, -0.15) is 0 Å². The van der Waals surface area contributed by atoms with E-state index in [2.05, 4.69) is 10.2 Å². The third-order valence-corrected chi connectivity index (χ3v) is 4.28. The first-order valence-corrected chi connectivity index (χ1v) is 7.54. The van der Waals surface area contributed by atoms with Gasteiger partial charge < -0.3 is 10.3 Å². The molecular formula is C13H17N5O2S. The van der Waals surface area contributed by atoms with Crippen LogP contribution in [0.5, 0.6) is 0 Å². The van der Waals surface area contributed by atoms with E-state index in [0.717, 1.165) is 23.1 Å². The Hall–Kier alpha value is -1.93. The molecule has 7 nitrogen and oxygen atoms in total. The second kappa shape index (κ2) is 6.68. The van der Waals surface area contributed by atoms with Gasteiger partial charge in [0.15, 0.2) is 5.16 Å². The fourth-order valence-corrected chi connectivity index (χ4v) is 3.15. The van der Waals surface area contributed by atoms with Gasteiger partial charge in [-0.05, 0) is 19.4 Å². The number of nitro groups is 1. The van der Waals surface area contributed by atoms with Crippen LogP contribution in [0.3, 0.4) is 0 Å². The first kappa shape index (κ1) is 15.5. The fraction of sp³-hybridized carbons (Fsp3) is 0.385. The van der Waals surface area contributed by atoms with E-state index in [-0.39, 0.29) is 10.6 Å². The van der Waals surface area contributed by atoms with E-state index in [1.165, 1.54) is 17.8 Å². The number of nitrogens with two attached hydrogens (primary N) is 1. The second-order valence-corrected chi connectivity index (χ2v) is 5.40. The molecule has 0 fully saturated rings. The molecule has 0 amide bonds. The van der Waals surface area contributed by atoms with Crippen LogP contribution >= 0.6 is 11.8 Å². The summed E-state index contributed by atoms with van der Waals surface area (Å²) in [5.74, 6) is 1.35. The molecule has 1 aromatic carbocycles. The van der Waals surface area contributed by atoms with Crippen LogP contribution in [0.2, 0.25) is 0 Å². The molecule has 0 atom stereocenters. The van der Waals surface area contributed by atoms with Gasteiger partial charge in [-0.15, -0.1) is 10.2 Å². The quantitative estimate of drug-likeness (QED) is 0.499. The van der Waals surface area contributed by atoms with Gasteiger partial charge in [-0.25, -0.2) is 0 Å². The highest BCUT2D eigenvalue weighted by molar-refractivity contribution is 7.98. The van der Waals surface area contributed by atoms with E-state index in [1.54, 1.807) is 13.0 Å². The minimum absolute atomic E-state index is 0.146. The van der Waals surface area contributed by atoms with Crippen LogP contribution in [0, 0.1) is 17.0 Å². The molecule has 0 bridgehead atoms. The summed E-state index contributed by atoms with van der Waals surface area (Å²) in [6.07, 6.45) is 0. The highest BCUT2D eigenvalue weighted by Crippen LogP contribution is 2.27. The summed E-state index contributed by atoms with van der Waals surface area (Å²) >= 11 is 1.51. The SMILES string of the molecule is CCn1c(CN)nnc1SCc1cccc([N+](=O)[O-])c1C. The van der Waals surface area contributed by atoms with Gasteiger partial charge in [0.2, 0.25) is 0 Å². The molecule has 0 saturated heterocycles. The van der Waals surface area contributed by atoms with Crippen molar-refractivity contribution in [3.05, 3.63) is 45.3 Å². The van der Waals surface area contributed by atoms with Crippen LogP contribution in [0.15, 0.2) is 23.4 Å². The Morgan fingerprint density at radius 3 is 2.81 bits per heavy atom. The summed E-state index contributed by atoms with van der Waals surface area (Å²) in [4.78, 5) is 10.6. The van der Waals surface area contributed by atoms with Crippen LogP contribution < -0.4 is 5.73 Å². The number of nitrogens with zero attached hydrogens (tertiary/aromatic N) is 4. The molecule has 21 heavy (non-hydrogen) atoms. The average Bonchev–Trinajstić information content (AvgIpc) is 2.87. The molecular weight excluding hydrogens is 290 g/mol. The Bertz CT molecular complexity index is 656. The minimum atomic E-state index is -0.357. The van der Waals surface area contributed by atoms with Crippen molar-refractivity contribution >= 4 is 17.4 Å². The van der Waals surface area contributed by atoms with E-state index in [9.17, 15) is 10.1 Å². The summed E-state index contributed by atoms with van der Waals surface area (Å²) in [7, 11) is 0. The van der Waals surface area contributed by atoms with Gasteiger partial charge in [0, 0.05) is 23.9 Å². The van der Waals surface area contributed by atoms with Crippen molar-refractivity contribution in [1.82, 2.24) is 14.8 Å². The van der Waals surface area contributed by atoms with E-state index in [1.807, 2.05) is 17.6 Å². The van der Waals surface area contributed by atoms with E-state index >= 15 is 0 Å². The van der Waals surface area contributed by atoms with Crippen LogP contribution in [0.4, 0.5) is 5.69 Å². The maximum absolute atomic E-state index is 10.9. The van der Waals surface area contributed by atoms with Crippen LogP contribution in [0.25, 0.3) is 0 Å². The first-order valence-electron chi connectivity index (χ1n) is 6.56. The molecule has 2 rings (SSSR count). The molecule has 0 aliphatic rings. The average molecular weight is 307 g/mol. The molecule has 1 heterocycles. The molecule has 1 aromatic heterocycles. The first-order chi connectivity index (χ1) is 10.1. The summed E-state index contributed by atoms with van der Waals surface area (Å²) in [6.45, 7) is 4.86. The summed E-state index contributed by atoms with van der Waals surface area (Å²) in [6, 6.07) is 5.12. The van der Waals surface area contributed by atoms with Crippen molar-refractivity contribution in [2.45, 2.75) is 37.8 Å². The lowest BCUT2D eigenvalue weighted by atomic mass is 10.1. The van der Waals surface area contributed by atoms with Gasteiger partial charge in [0.25, 0.3) is 5.69 Å². The Kier molecular flexibility index (Phi) is 4.92. The summed E-state index contributed by atoms with van der Waals surface area (Å²) in [5, 5.41) is 19.9. The van der Waals surface area contributed by atoms with Crippen molar-refractivity contribution in [1.29, 1.82) is 0 Å². The van der Waals surface area contributed by atoms with Gasteiger partial charge in [0.05, 0.1) is 11.5 Å². The molecule has 112 valence electrons. The normalized spacial score (nSPS) is 10.8. The molecule has 0 saturated carbocycles. The Morgan fingerprint density at radius 1 is 1.43 bits per heavy atom. The lowest BCUT2D eigenvalue weighted by Crippen LogP contribution is -2.08. The molecule has 8 heteroatoms. The van der Waals surface area contributed by atoms with Gasteiger partial charge in [-0.3, -0.25) is 10.1 Å². The van der Waals surface area contributed by atoms with Crippen LogP contribution in [0.1, 0.15) is 23.9 Å². The highest BCUT2D eigenvalue weighted by atomic mass is 32.2. The number of aromatic nitrogens is 3. The Labute approximate surface area is 126 Å². The zero-order valence-corrected chi connectivity index (χ0v) is 12.8. The van der Waals surface area contributed by atoms with Gasteiger partial charge in [-0.1, -0.05) is 23.9 Å². The smallest absolute Gasteiger partial charge is 0.272 e. The molecule has 2 N–H and O–H groups in total. The number of hydrogen-bond acceptors (Lipinski definition) is 6. The number of nitro benzene ring substituents is 1. The van der Waals surface area contributed by atoms with E-state index < -0.39 is 0 Å². The third kappa shape index (κ3) is 3.22. The Morgan fingerprint density at radius 2 is 2.19 bits per heavy atom. The van der Waals surface area contributed by atoms with Gasteiger partial charge >= 0.3 is 0 Å². The number of hydrogen-bond donors (Lipinski definition) is 1. The van der Waals surface area contributed by atoms with Crippen LogP contribution in [-0.2, 0) is 18.8 Å². The van der Waals surface area contributed by atoms with Gasteiger partial charge in [0.1, 0.15) is 5.82 Å². The standard InChI is InChI=1S/C13H17N5O2S/c1-3-17-12(7-14)15-16-13(17)21-8-10-5-4-6-11(9(10)2)18(19)20/h4-6H,3,7-8,14H2,1-2H3. The maximum atomic E-state index is 10.9. The Balaban J connectivity index is 2.19. The lowest BCUT2D eigenvalue weighted by molar-refractivity contribution is -0.385. The zero-order chi connectivity index (χ0) is 15.4. The predicted octanol–water partition coefficient (Wildman–Crippen LogP) is 2.27. The van der Waals surface area contributed by atoms with E-state index in [4.69, 9.17) is 5.73 Å². The van der Waals surface area contributed by atoms with Crippen LogP contribution in [-0.4, -0.2) is 19.7 Å². The number of rotatable bonds is 6. The molecule has 2 aromatic rings. The van der Waals surface area contributed by atoms with Crippen molar-refractivity contribution < 1.29 is 4.92 Å². The fourth-order valence-electron chi connectivity index (χ4n) is 2.06. The van der Waals surface area contributed by atoms with Crippen molar-refractivity contribution in [2.24, 2.45) is 5.73 Å². The van der Waals surface area contributed by atoms with Crippen molar-refractivity contribution in [3.63, 3.8) is 0 Å². The maximum Gasteiger partial charge on any atom is 0.272 e. The third-order valence-electron chi connectivity index (χ3n) is 3.26. The minimum Gasteiger partial charge on any atom is -0.324 e. The largest absolute Gasteiger partial charge is 0.324 e. The van der Waals surface area contributed by atoms with Crippen molar-refractivity contribution in [3.8, 4) is 0 Å². The highest BCUT2D eigenvalue weighted by Gasteiger charge is 2.15. The monoisotopic (exact) mass is 307 g/mol. The zero-order valence-electron chi connectivity index (χ0n) is 11.9. The summed E-state index contributed by atoms with van der Waals surface area (Å²) in [5.41, 5.74) is 7.38. The molecule has 0 aliphatic carbocycles. The molecule has 0 unspecified atom stereocenters. The number of benzene rings is 1. The summed E-state index contributed by atoms with van der Waals surface area (Å²) < 4.78 is 1.96. The second-order valence-electron chi connectivity index (χ2n) is 4.45.